The third kappa shape index (κ3) is 3.19. The van der Waals surface area contributed by atoms with Crippen LogP contribution in [0.5, 0.6) is 0 Å². The summed E-state index contributed by atoms with van der Waals surface area (Å²) in [6, 6.07) is 0.0370. The minimum atomic E-state index is 0.0370. The van der Waals surface area contributed by atoms with Gasteiger partial charge in [-0.2, -0.15) is 0 Å². The molecule has 1 N–H and O–H groups in total. The lowest BCUT2D eigenvalue weighted by Gasteiger charge is -2.31. The Hall–Kier alpha value is -0.570. The Balaban J connectivity index is 2.11. The van der Waals surface area contributed by atoms with Gasteiger partial charge in [0.15, 0.2) is 0 Å². The molecule has 1 aliphatic carbocycles. The summed E-state index contributed by atoms with van der Waals surface area (Å²) in [5.41, 5.74) is 0. The summed E-state index contributed by atoms with van der Waals surface area (Å²) in [6.45, 7) is 9.74. The number of amides is 1. The van der Waals surface area contributed by atoms with E-state index in [0.29, 0.717) is 29.8 Å². The topological polar surface area (TPSA) is 32.3 Å². The summed E-state index contributed by atoms with van der Waals surface area (Å²) >= 11 is 0. The Morgan fingerprint density at radius 1 is 1.20 bits per heavy atom. The molecular weight excluding hydrogens is 248 g/mol. The van der Waals surface area contributed by atoms with Crippen molar-refractivity contribution in [2.24, 2.45) is 17.8 Å². The van der Waals surface area contributed by atoms with Gasteiger partial charge in [0.2, 0.25) is 5.91 Å². The lowest BCUT2D eigenvalue weighted by atomic mass is 10.00. The molecule has 0 spiro atoms. The first kappa shape index (κ1) is 15.8. The predicted molar refractivity (Wildman–Crippen MR) is 83.3 cm³/mol. The number of nitrogens with one attached hydrogen (secondary N) is 1. The van der Waals surface area contributed by atoms with E-state index < -0.39 is 0 Å². The highest BCUT2D eigenvalue weighted by Gasteiger charge is 2.44. The molecule has 2 fully saturated rings. The summed E-state index contributed by atoms with van der Waals surface area (Å²) in [5, 5.41) is 3.66. The maximum atomic E-state index is 12.7. The highest BCUT2D eigenvalue weighted by Crippen LogP contribution is 2.33. The van der Waals surface area contributed by atoms with E-state index in [-0.39, 0.29) is 6.04 Å². The molecule has 20 heavy (non-hydrogen) atoms. The summed E-state index contributed by atoms with van der Waals surface area (Å²) in [5.74, 6) is 2.06. The van der Waals surface area contributed by atoms with Gasteiger partial charge in [-0.05, 0) is 30.6 Å². The van der Waals surface area contributed by atoms with Crippen LogP contribution in [0.15, 0.2) is 0 Å². The molecule has 0 bridgehead atoms. The summed E-state index contributed by atoms with van der Waals surface area (Å²) in [7, 11) is 0. The van der Waals surface area contributed by atoms with Crippen molar-refractivity contribution in [2.75, 3.05) is 6.54 Å². The summed E-state index contributed by atoms with van der Waals surface area (Å²) in [4.78, 5) is 14.9. The van der Waals surface area contributed by atoms with Gasteiger partial charge in [-0.1, -0.05) is 53.4 Å². The van der Waals surface area contributed by atoms with E-state index in [0.717, 1.165) is 6.54 Å². The second kappa shape index (κ2) is 6.93. The molecule has 0 aromatic carbocycles. The second-order valence-electron chi connectivity index (χ2n) is 7.05. The van der Waals surface area contributed by atoms with Crippen LogP contribution in [-0.4, -0.2) is 29.6 Å². The zero-order chi connectivity index (χ0) is 14.7. The number of nitrogens with zero attached hydrogens (tertiary/aromatic N) is 1. The third-order valence-electron chi connectivity index (χ3n) is 5.36. The zero-order valence-electron chi connectivity index (χ0n) is 13.7. The average molecular weight is 280 g/mol. The molecule has 2 unspecified atom stereocenters. The first-order chi connectivity index (χ1) is 9.58. The molecule has 1 saturated heterocycles. The van der Waals surface area contributed by atoms with Crippen molar-refractivity contribution < 1.29 is 4.79 Å². The fraction of sp³-hybridized carbons (Fsp3) is 0.941. The minimum absolute atomic E-state index is 0.0370. The van der Waals surface area contributed by atoms with Crippen molar-refractivity contribution in [1.29, 1.82) is 0 Å². The first-order valence-electron chi connectivity index (χ1n) is 8.65. The fourth-order valence-corrected chi connectivity index (χ4v) is 3.83. The standard InChI is InChI=1S/C17H32N2O/c1-5-13(6-2)11-19-16(14-9-7-8-10-14)18-15(12(3)4)17(19)20/h12-16,18H,5-11H2,1-4H3. The van der Waals surface area contributed by atoms with Crippen LogP contribution >= 0.6 is 0 Å². The molecule has 1 aliphatic heterocycles. The summed E-state index contributed by atoms with van der Waals surface area (Å²) in [6.07, 6.45) is 7.89. The molecule has 3 heteroatoms. The van der Waals surface area contributed by atoms with Crippen molar-refractivity contribution in [3.8, 4) is 0 Å². The van der Waals surface area contributed by atoms with Gasteiger partial charge >= 0.3 is 0 Å². The maximum Gasteiger partial charge on any atom is 0.241 e. The fourth-order valence-electron chi connectivity index (χ4n) is 3.83. The minimum Gasteiger partial charge on any atom is -0.325 e. The molecule has 1 saturated carbocycles. The SMILES string of the molecule is CCC(CC)CN1C(=O)C(C(C)C)NC1C1CCCC1. The van der Waals surface area contributed by atoms with Crippen molar-refractivity contribution in [3.05, 3.63) is 0 Å². The smallest absolute Gasteiger partial charge is 0.241 e. The number of hydrogen-bond donors (Lipinski definition) is 1. The Bertz CT molecular complexity index is 319. The monoisotopic (exact) mass is 280 g/mol. The third-order valence-corrected chi connectivity index (χ3v) is 5.36. The van der Waals surface area contributed by atoms with E-state index in [9.17, 15) is 4.79 Å². The van der Waals surface area contributed by atoms with E-state index in [1.807, 2.05) is 0 Å². The van der Waals surface area contributed by atoms with E-state index in [4.69, 9.17) is 0 Å². The molecule has 0 aromatic rings. The largest absolute Gasteiger partial charge is 0.325 e. The van der Waals surface area contributed by atoms with Crippen LogP contribution in [0.3, 0.4) is 0 Å². The van der Waals surface area contributed by atoms with Crippen molar-refractivity contribution in [1.82, 2.24) is 10.2 Å². The van der Waals surface area contributed by atoms with Crippen LogP contribution in [-0.2, 0) is 4.79 Å². The number of carbonyl (C=O) groups is 1. The van der Waals surface area contributed by atoms with Gasteiger partial charge in [-0.15, -0.1) is 0 Å². The highest BCUT2D eigenvalue weighted by molar-refractivity contribution is 5.84. The zero-order valence-corrected chi connectivity index (χ0v) is 13.7. The highest BCUT2D eigenvalue weighted by atomic mass is 16.2. The second-order valence-corrected chi connectivity index (χ2v) is 7.05. The van der Waals surface area contributed by atoms with Gasteiger partial charge in [-0.25, -0.2) is 0 Å². The number of carbonyl (C=O) groups excluding carboxylic acids is 1. The Morgan fingerprint density at radius 2 is 1.80 bits per heavy atom. The van der Waals surface area contributed by atoms with Gasteiger partial charge in [0, 0.05) is 6.54 Å². The van der Waals surface area contributed by atoms with Gasteiger partial charge in [-0.3, -0.25) is 10.1 Å². The molecule has 116 valence electrons. The number of rotatable bonds is 6. The molecule has 2 atom stereocenters. The molecule has 0 aromatic heterocycles. The summed E-state index contributed by atoms with van der Waals surface area (Å²) < 4.78 is 0. The van der Waals surface area contributed by atoms with Crippen molar-refractivity contribution in [2.45, 2.75) is 78.4 Å². The quantitative estimate of drug-likeness (QED) is 0.809. The van der Waals surface area contributed by atoms with Crippen LogP contribution in [0.4, 0.5) is 0 Å². The van der Waals surface area contributed by atoms with Crippen molar-refractivity contribution in [3.63, 3.8) is 0 Å². The van der Waals surface area contributed by atoms with Crippen LogP contribution < -0.4 is 5.32 Å². The lowest BCUT2D eigenvalue weighted by molar-refractivity contribution is -0.132. The van der Waals surface area contributed by atoms with Crippen LogP contribution in [0.2, 0.25) is 0 Å². The Labute approximate surface area is 124 Å². The van der Waals surface area contributed by atoms with Crippen molar-refractivity contribution >= 4 is 5.91 Å². The molecule has 0 radical (unpaired) electrons. The van der Waals surface area contributed by atoms with Gasteiger partial charge in [0.05, 0.1) is 12.2 Å². The molecule has 1 heterocycles. The molecular formula is C17H32N2O. The molecule has 3 nitrogen and oxygen atoms in total. The van der Waals surface area contributed by atoms with E-state index in [1.54, 1.807) is 0 Å². The predicted octanol–water partition coefficient (Wildman–Crippen LogP) is 3.40. The van der Waals surface area contributed by atoms with E-state index in [1.165, 1.54) is 38.5 Å². The van der Waals surface area contributed by atoms with Crippen LogP contribution in [0, 0.1) is 17.8 Å². The van der Waals surface area contributed by atoms with Gasteiger partial charge in [0.1, 0.15) is 0 Å². The van der Waals surface area contributed by atoms with Gasteiger partial charge in [0.25, 0.3) is 0 Å². The molecule has 2 aliphatic rings. The van der Waals surface area contributed by atoms with Crippen LogP contribution in [0.1, 0.15) is 66.2 Å². The first-order valence-corrected chi connectivity index (χ1v) is 8.65. The normalized spacial score (nSPS) is 28.3. The van der Waals surface area contributed by atoms with Crippen LogP contribution in [0.25, 0.3) is 0 Å². The van der Waals surface area contributed by atoms with E-state index >= 15 is 0 Å². The van der Waals surface area contributed by atoms with Gasteiger partial charge < -0.3 is 4.90 Å². The number of hydrogen-bond acceptors (Lipinski definition) is 2. The average Bonchev–Trinajstić information content (AvgIpc) is 3.04. The Morgan fingerprint density at radius 3 is 2.30 bits per heavy atom. The maximum absolute atomic E-state index is 12.7. The Kier molecular flexibility index (Phi) is 5.48. The lowest BCUT2D eigenvalue weighted by Crippen LogP contribution is -2.44. The van der Waals surface area contributed by atoms with E-state index in [2.05, 4.69) is 37.9 Å². The molecule has 1 amide bonds. The molecule has 2 rings (SSSR count).